The van der Waals surface area contributed by atoms with Crippen LogP contribution in [0.5, 0.6) is 0 Å². The van der Waals surface area contributed by atoms with Gasteiger partial charge < -0.3 is 4.42 Å². The largest absolute Gasteiger partial charge is 0.455 e. The van der Waals surface area contributed by atoms with E-state index in [4.69, 9.17) is 16.8 Å². The fourth-order valence-corrected chi connectivity index (χ4v) is 7.09. The van der Waals surface area contributed by atoms with Gasteiger partial charge >= 0.3 is 0 Å². The van der Waals surface area contributed by atoms with Gasteiger partial charge in [-0.25, -0.2) is 0 Å². The second kappa shape index (κ2) is 11.1. The standard InChI is InChI=1S/C48H30O/c1-2-13-31(14-3-1)36-30-29-32-15-4-5-16-35(32)46(36)47-41-20-8-6-18-39(41)45(40-19-7-9-21-42(40)47)34-27-25-33(26-28-34)37-22-12-23-43-38-17-10-11-24-44(38)49-48(37)43/h1-30H/i1D,2D,3D,6D,7D,8D,9D,13D,14D,18D,19D,20D,21D. The molecule has 0 aliphatic carbocycles. The van der Waals surface area contributed by atoms with E-state index in [-0.39, 0.29) is 49.4 Å². The van der Waals surface area contributed by atoms with Crippen LogP contribution in [0, 0.1) is 0 Å². The number of rotatable bonds is 4. The normalized spacial score (nSPS) is 15.4. The van der Waals surface area contributed by atoms with Crippen molar-refractivity contribution < 1.29 is 22.2 Å². The van der Waals surface area contributed by atoms with Gasteiger partial charge in [0.05, 0.1) is 17.8 Å². The number of furan rings is 1. The van der Waals surface area contributed by atoms with Gasteiger partial charge in [-0.1, -0.05) is 176 Å². The Bertz CT molecular complexity index is 3500. The average Bonchev–Trinajstić information content (AvgIpc) is 3.68. The van der Waals surface area contributed by atoms with Gasteiger partial charge in [-0.3, -0.25) is 0 Å². The predicted octanol–water partition coefficient (Wildman–Crippen LogP) is 13.7. The first-order chi connectivity index (χ1) is 29.7. The van der Waals surface area contributed by atoms with Gasteiger partial charge in [0.1, 0.15) is 11.2 Å². The molecule has 0 saturated carbocycles. The summed E-state index contributed by atoms with van der Waals surface area (Å²) in [5.41, 5.74) is 3.64. The van der Waals surface area contributed by atoms with Gasteiger partial charge in [0.25, 0.3) is 0 Å². The minimum Gasteiger partial charge on any atom is -0.455 e. The fraction of sp³-hybridized carbons (Fsp3) is 0. The molecule has 0 spiro atoms. The van der Waals surface area contributed by atoms with Crippen LogP contribution in [0.4, 0.5) is 0 Å². The molecule has 0 bridgehead atoms. The first-order valence-corrected chi connectivity index (χ1v) is 15.8. The minimum atomic E-state index is -0.602. The number of para-hydroxylation sites is 2. The molecule has 0 radical (unpaired) electrons. The van der Waals surface area contributed by atoms with Crippen molar-refractivity contribution in [2.45, 2.75) is 0 Å². The third kappa shape index (κ3) is 4.33. The number of hydrogen-bond donors (Lipinski definition) is 0. The summed E-state index contributed by atoms with van der Waals surface area (Å²) >= 11 is 0. The monoisotopic (exact) mass is 635 g/mol. The summed E-state index contributed by atoms with van der Waals surface area (Å²) in [6, 6.07) is 24.1. The highest BCUT2D eigenvalue weighted by Crippen LogP contribution is 2.48. The van der Waals surface area contributed by atoms with E-state index in [1.54, 1.807) is 48.5 Å². The zero-order valence-electron chi connectivity index (χ0n) is 38.7. The molecule has 0 fully saturated rings. The van der Waals surface area contributed by atoms with E-state index >= 15 is 0 Å². The topological polar surface area (TPSA) is 13.1 Å². The molecule has 10 aromatic rings. The molecule has 1 nitrogen and oxygen atoms in total. The summed E-state index contributed by atoms with van der Waals surface area (Å²) in [6.07, 6.45) is 0. The fourth-order valence-electron chi connectivity index (χ4n) is 7.09. The zero-order chi connectivity index (χ0) is 43.6. The molecule has 10 rings (SSSR count). The summed E-state index contributed by atoms with van der Waals surface area (Å²) in [5, 5.41) is 2.80. The highest BCUT2D eigenvalue weighted by atomic mass is 16.3. The van der Waals surface area contributed by atoms with Gasteiger partial charge in [-0.2, -0.15) is 0 Å². The van der Waals surface area contributed by atoms with E-state index in [0.717, 1.165) is 27.5 Å². The van der Waals surface area contributed by atoms with Crippen LogP contribution in [-0.4, -0.2) is 0 Å². The van der Waals surface area contributed by atoms with Crippen molar-refractivity contribution in [3.63, 3.8) is 0 Å². The quantitative estimate of drug-likeness (QED) is 0.175. The van der Waals surface area contributed by atoms with Crippen molar-refractivity contribution in [3.8, 4) is 44.5 Å². The molecule has 0 aliphatic rings. The molecule has 49 heavy (non-hydrogen) atoms. The molecule has 0 saturated heterocycles. The average molecular weight is 636 g/mol. The first-order valence-electron chi connectivity index (χ1n) is 22.3. The SMILES string of the molecule is [2H]c1c([2H])c([2H])c(-c2ccc3ccccc3c2-c2c3c([2H])c([2H])c([2H])c([2H])c3c(-c3ccc(-c4cccc5c4oc4ccccc45)cc3)c3c([2H])c([2H])c([2H])c([2H])c23)c([2H])c1[2H]. The van der Waals surface area contributed by atoms with Gasteiger partial charge in [0.2, 0.25) is 0 Å². The lowest BCUT2D eigenvalue weighted by molar-refractivity contribution is 0.670. The Morgan fingerprint density at radius 1 is 0.347 bits per heavy atom. The Morgan fingerprint density at radius 2 is 0.939 bits per heavy atom. The van der Waals surface area contributed by atoms with Crippen LogP contribution < -0.4 is 0 Å². The molecule has 1 heteroatoms. The maximum absolute atomic E-state index is 9.55. The van der Waals surface area contributed by atoms with Crippen LogP contribution in [0.3, 0.4) is 0 Å². The van der Waals surface area contributed by atoms with Gasteiger partial charge in [0.15, 0.2) is 0 Å². The molecule has 0 atom stereocenters. The molecular formula is C48H30O. The van der Waals surface area contributed by atoms with Crippen molar-refractivity contribution in [2.75, 3.05) is 0 Å². The lowest BCUT2D eigenvalue weighted by Crippen LogP contribution is -1.94. The lowest BCUT2D eigenvalue weighted by Gasteiger charge is -2.21. The molecular weight excluding hydrogens is 593 g/mol. The van der Waals surface area contributed by atoms with Crippen LogP contribution in [0.2, 0.25) is 0 Å². The van der Waals surface area contributed by atoms with E-state index in [2.05, 4.69) is 0 Å². The number of hydrogen-bond acceptors (Lipinski definition) is 1. The Hall–Kier alpha value is -6.44. The van der Waals surface area contributed by atoms with E-state index in [9.17, 15) is 5.48 Å². The van der Waals surface area contributed by atoms with Crippen molar-refractivity contribution >= 4 is 54.3 Å². The Labute approximate surface area is 302 Å². The van der Waals surface area contributed by atoms with Crippen LogP contribution in [-0.2, 0) is 0 Å². The van der Waals surface area contributed by atoms with Gasteiger partial charge in [-0.05, 0) is 77.3 Å². The number of benzene rings is 9. The molecule has 0 amide bonds. The third-order valence-electron chi connectivity index (χ3n) is 9.21. The zero-order valence-corrected chi connectivity index (χ0v) is 25.7. The summed E-state index contributed by atoms with van der Waals surface area (Å²) in [5.74, 6) is 0. The summed E-state index contributed by atoms with van der Waals surface area (Å²) in [7, 11) is 0. The van der Waals surface area contributed by atoms with Gasteiger partial charge in [0, 0.05) is 16.3 Å². The van der Waals surface area contributed by atoms with Crippen molar-refractivity contribution in [1.29, 1.82) is 0 Å². The highest BCUT2D eigenvalue weighted by Gasteiger charge is 2.21. The first kappa shape index (κ1) is 17.6. The maximum Gasteiger partial charge on any atom is 0.143 e. The third-order valence-corrected chi connectivity index (χ3v) is 9.21. The van der Waals surface area contributed by atoms with Crippen LogP contribution >= 0.6 is 0 Å². The summed E-state index contributed by atoms with van der Waals surface area (Å²) < 4.78 is 124. The molecule has 228 valence electrons. The second-order valence-corrected chi connectivity index (χ2v) is 11.8. The molecule has 0 aliphatic heterocycles. The van der Waals surface area contributed by atoms with Crippen LogP contribution in [0.1, 0.15) is 17.8 Å². The Morgan fingerprint density at radius 3 is 1.67 bits per heavy atom. The Balaban J connectivity index is 1.39. The Kier molecular flexibility index (Phi) is 3.99. The molecule has 9 aromatic carbocycles. The lowest BCUT2D eigenvalue weighted by atomic mass is 9.82. The number of fused-ring (bicyclic) bond motifs is 6. The predicted molar refractivity (Wildman–Crippen MR) is 208 cm³/mol. The smallest absolute Gasteiger partial charge is 0.143 e. The molecule has 0 unspecified atom stereocenters. The van der Waals surface area contributed by atoms with Crippen LogP contribution in [0.25, 0.3) is 98.8 Å². The summed E-state index contributed by atoms with van der Waals surface area (Å²) in [6.45, 7) is 0. The molecule has 0 N–H and O–H groups in total. The van der Waals surface area contributed by atoms with Crippen molar-refractivity contribution in [2.24, 2.45) is 0 Å². The van der Waals surface area contributed by atoms with Crippen molar-refractivity contribution in [1.82, 2.24) is 0 Å². The second-order valence-electron chi connectivity index (χ2n) is 11.8. The maximum atomic E-state index is 9.55. The van der Waals surface area contributed by atoms with E-state index in [1.807, 2.05) is 54.6 Å². The van der Waals surface area contributed by atoms with E-state index in [0.29, 0.717) is 21.9 Å². The minimum absolute atomic E-state index is 0.00421. The molecule has 1 aromatic heterocycles. The van der Waals surface area contributed by atoms with Crippen LogP contribution in [0.15, 0.2) is 186 Å². The van der Waals surface area contributed by atoms with Crippen molar-refractivity contribution in [3.05, 3.63) is 182 Å². The highest BCUT2D eigenvalue weighted by molar-refractivity contribution is 6.25. The van der Waals surface area contributed by atoms with E-state index < -0.39 is 78.6 Å². The van der Waals surface area contributed by atoms with E-state index in [1.165, 1.54) is 0 Å². The molecule has 1 heterocycles. The van der Waals surface area contributed by atoms with Gasteiger partial charge in [-0.15, -0.1) is 0 Å². The summed E-state index contributed by atoms with van der Waals surface area (Å²) in [4.78, 5) is 0.